The molecule has 0 aliphatic rings. The molecular formula is C19H13N5O3S. The van der Waals surface area contributed by atoms with Gasteiger partial charge in [-0.15, -0.1) is 11.3 Å². The Labute approximate surface area is 161 Å². The number of imidazole rings is 1. The first-order valence-corrected chi connectivity index (χ1v) is 9.33. The van der Waals surface area contributed by atoms with Gasteiger partial charge in [0.1, 0.15) is 5.65 Å². The van der Waals surface area contributed by atoms with Crippen molar-refractivity contribution in [3.63, 3.8) is 0 Å². The molecule has 0 unspecified atom stereocenters. The number of benzene rings is 1. The maximum atomic E-state index is 12.3. The standard InChI is InChI=1S/C19H13N5O3S/c25-17(8-12-9-24-6-2-1-3-16(24)20-12)23-18-21-14(10-28-18)11-4-5-13-15(7-11)27-19(26)22-13/h1-7,9-10H,8H2,(H,22,26)(H,21,23,25). The molecule has 1 aromatic carbocycles. The van der Waals surface area contributed by atoms with Crippen molar-refractivity contribution in [1.29, 1.82) is 0 Å². The van der Waals surface area contributed by atoms with Crippen LogP contribution in [0.2, 0.25) is 0 Å². The van der Waals surface area contributed by atoms with E-state index in [0.717, 1.165) is 11.2 Å². The Bertz CT molecular complexity index is 1340. The van der Waals surface area contributed by atoms with Crippen molar-refractivity contribution in [2.45, 2.75) is 6.42 Å². The lowest BCUT2D eigenvalue weighted by Gasteiger charge is -1.99. The van der Waals surface area contributed by atoms with E-state index in [4.69, 9.17) is 4.42 Å². The van der Waals surface area contributed by atoms with Gasteiger partial charge in [0.25, 0.3) is 0 Å². The van der Waals surface area contributed by atoms with E-state index in [9.17, 15) is 9.59 Å². The van der Waals surface area contributed by atoms with Crippen molar-refractivity contribution >= 4 is 39.1 Å². The van der Waals surface area contributed by atoms with Gasteiger partial charge in [-0.2, -0.15) is 0 Å². The van der Waals surface area contributed by atoms with Crippen LogP contribution in [0.5, 0.6) is 0 Å². The summed E-state index contributed by atoms with van der Waals surface area (Å²) in [5.74, 6) is -0.679. The summed E-state index contributed by atoms with van der Waals surface area (Å²) in [5.41, 5.74) is 4.08. The van der Waals surface area contributed by atoms with Crippen LogP contribution in [0.15, 0.2) is 63.4 Å². The second-order valence-electron chi connectivity index (χ2n) is 6.19. The number of H-pyrrole nitrogens is 1. The second-order valence-corrected chi connectivity index (χ2v) is 7.04. The van der Waals surface area contributed by atoms with Crippen molar-refractivity contribution in [1.82, 2.24) is 19.4 Å². The molecule has 2 N–H and O–H groups in total. The number of oxazole rings is 1. The number of pyridine rings is 1. The van der Waals surface area contributed by atoms with E-state index in [1.807, 2.05) is 46.4 Å². The summed E-state index contributed by atoms with van der Waals surface area (Å²) in [6, 6.07) is 11.0. The smallest absolute Gasteiger partial charge is 0.408 e. The first-order chi connectivity index (χ1) is 13.6. The fourth-order valence-electron chi connectivity index (χ4n) is 2.97. The van der Waals surface area contributed by atoms with Crippen molar-refractivity contribution in [3.8, 4) is 11.3 Å². The van der Waals surface area contributed by atoms with Gasteiger partial charge in [-0.25, -0.2) is 14.8 Å². The highest BCUT2D eigenvalue weighted by atomic mass is 32.1. The lowest BCUT2D eigenvalue weighted by atomic mass is 10.1. The number of fused-ring (bicyclic) bond motifs is 2. The largest absolute Gasteiger partial charge is 0.417 e. The molecule has 0 atom stereocenters. The molecule has 0 bridgehead atoms. The number of amides is 1. The number of nitrogens with one attached hydrogen (secondary N) is 2. The highest BCUT2D eigenvalue weighted by Gasteiger charge is 2.12. The lowest BCUT2D eigenvalue weighted by molar-refractivity contribution is -0.115. The van der Waals surface area contributed by atoms with E-state index >= 15 is 0 Å². The molecule has 4 aromatic heterocycles. The van der Waals surface area contributed by atoms with E-state index in [1.165, 1.54) is 11.3 Å². The second kappa shape index (κ2) is 6.46. The Morgan fingerprint density at radius 3 is 3.07 bits per heavy atom. The molecule has 5 rings (SSSR count). The number of nitrogens with zero attached hydrogens (tertiary/aromatic N) is 3. The third-order valence-corrected chi connectivity index (χ3v) is 4.98. The van der Waals surface area contributed by atoms with Gasteiger partial charge in [0.15, 0.2) is 10.7 Å². The molecule has 4 heterocycles. The number of thiazole rings is 1. The number of aromatic nitrogens is 4. The molecule has 0 aliphatic carbocycles. The summed E-state index contributed by atoms with van der Waals surface area (Å²) in [6.45, 7) is 0. The molecule has 8 nitrogen and oxygen atoms in total. The average molecular weight is 391 g/mol. The predicted octanol–water partition coefficient (Wildman–Crippen LogP) is 3.07. The van der Waals surface area contributed by atoms with Crippen molar-refractivity contribution in [2.24, 2.45) is 0 Å². The monoisotopic (exact) mass is 391 g/mol. The third-order valence-electron chi connectivity index (χ3n) is 4.22. The van der Waals surface area contributed by atoms with Gasteiger partial charge >= 0.3 is 5.76 Å². The summed E-state index contributed by atoms with van der Waals surface area (Å²) in [6.07, 6.45) is 3.89. The highest BCUT2D eigenvalue weighted by Crippen LogP contribution is 2.27. The zero-order valence-corrected chi connectivity index (χ0v) is 15.2. The zero-order chi connectivity index (χ0) is 19.1. The number of anilines is 1. The molecule has 0 fully saturated rings. The van der Waals surface area contributed by atoms with Gasteiger partial charge in [0, 0.05) is 23.3 Å². The number of aromatic amines is 1. The molecule has 0 radical (unpaired) electrons. The third kappa shape index (κ3) is 3.08. The lowest BCUT2D eigenvalue weighted by Crippen LogP contribution is -2.14. The predicted molar refractivity (Wildman–Crippen MR) is 105 cm³/mol. The maximum absolute atomic E-state index is 12.3. The summed E-state index contributed by atoms with van der Waals surface area (Å²) in [4.78, 5) is 35.1. The van der Waals surface area contributed by atoms with Gasteiger partial charge in [-0.3, -0.25) is 9.78 Å². The van der Waals surface area contributed by atoms with Crippen LogP contribution in [0.25, 0.3) is 28.0 Å². The van der Waals surface area contributed by atoms with E-state index < -0.39 is 5.76 Å². The molecule has 1 amide bonds. The van der Waals surface area contributed by atoms with Gasteiger partial charge in [0.05, 0.1) is 23.3 Å². The molecular weight excluding hydrogens is 378 g/mol. The van der Waals surface area contributed by atoms with Crippen LogP contribution < -0.4 is 11.1 Å². The van der Waals surface area contributed by atoms with Crippen LogP contribution in [0.3, 0.4) is 0 Å². The van der Waals surface area contributed by atoms with Gasteiger partial charge in [-0.05, 0) is 24.3 Å². The Hall–Kier alpha value is -3.72. The van der Waals surface area contributed by atoms with Crippen LogP contribution in [-0.4, -0.2) is 25.3 Å². The fraction of sp³-hybridized carbons (Fsp3) is 0.0526. The van der Waals surface area contributed by atoms with Crippen LogP contribution in [-0.2, 0) is 11.2 Å². The number of rotatable bonds is 4. The SMILES string of the molecule is O=C(Cc1cn2ccccc2n1)Nc1nc(-c2ccc3[nH]c(=O)oc3c2)cs1. The van der Waals surface area contributed by atoms with Crippen molar-refractivity contribution < 1.29 is 9.21 Å². The summed E-state index contributed by atoms with van der Waals surface area (Å²) >= 11 is 1.33. The minimum absolute atomic E-state index is 0.164. The fourth-order valence-corrected chi connectivity index (χ4v) is 3.70. The Morgan fingerprint density at radius 2 is 2.18 bits per heavy atom. The number of hydrogen-bond acceptors (Lipinski definition) is 6. The van der Waals surface area contributed by atoms with Crippen LogP contribution in [0.4, 0.5) is 5.13 Å². The minimum atomic E-state index is -0.495. The van der Waals surface area contributed by atoms with Gasteiger partial charge in [0.2, 0.25) is 5.91 Å². The van der Waals surface area contributed by atoms with Gasteiger partial charge < -0.3 is 14.1 Å². The number of hydrogen-bond donors (Lipinski definition) is 2. The minimum Gasteiger partial charge on any atom is -0.408 e. The first kappa shape index (κ1) is 16.5. The molecule has 0 aliphatic heterocycles. The van der Waals surface area contributed by atoms with Crippen LogP contribution >= 0.6 is 11.3 Å². The summed E-state index contributed by atoms with van der Waals surface area (Å²) in [5, 5.41) is 5.14. The molecule has 9 heteroatoms. The Morgan fingerprint density at radius 1 is 1.25 bits per heavy atom. The van der Waals surface area contributed by atoms with Crippen LogP contribution in [0.1, 0.15) is 5.69 Å². The first-order valence-electron chi connectivity index (χ1n) is 8.45. The van der Waals surface area contributed by atoms with Crippen molar-refractivity contribution in [2.75, 3.05) is 5.32 Å². The zero-order valence-electron chi connectivity index (χ0n) is 14.4. The van der Waals surface area contributed by atoms with Crippen molar-refractivity contribution in [3.05, 3.63) is 70.4 Å². The molecule has 0 saturated heterocycles. The van der Waals surface area contributed by atoms with E-state index in [1.54, 1.807) is 12.1 Å². The quantitative estimate of drug-likeness (QED) is 0.490. The average Bonchev–Trinajstić information content (AvgIpc) is 3.37. The molecule has 28 heavy (non-hydrogen) atoms. The number of carbonyl (C=O) groups is 1. The highest BCUT2D eigenvalue weighted by molar-refractivity contribution is 7.14. The normalized spacial score (nSPS) is 11.3. The molecule has 5 aromatic rings. The summed E-state index contributed by atoms with van der Waals surface area (Å²) < 4.78 is 6.95. The molecule has 0 spiro atoms. The number of carbonyl (C=O) groups excluding carboxylic acids is 1. The maximum Gasteiger partial charge on any atom is 0.417 e. The Kier molecular flexibility index (Phi) is 3.80. The molecule has 0 saturated carbocycles. The topological polar surface area (TPSA) is 105 Å². The Balaban J connectivity index is 1.32. The summed E-state index contributed by atoms with van der Waals surface area (Å²) in [7, 11) is 0. The van der Waals surface area contributed by atoms with E-state index in [2.05, 4.69) is 20.3 Å². The molecule has 138 valence electrons. The van der Waals surface area contributed by atoms with E-state index in [0.29, 0.717) is 27.6 Å². The van der Waals surface area contributed by atoms with E-state index in [-0.39, 0.29) is 12.3 Å². The van der Waals surface area contributed by atoms with Gasteiger partial charge in [-0.1, -0.05) is 12.1 Å². The van der Waals surface area contributed by atoms with Crippen LogP contribution in [0, 0.1) is 0 Å².